The van der Waals surface area contributed by atoms with Crippen LogP contribution in [-0.2, 0) is 11.3 Å². The predicted molar refractivity (Wildman–Crippen MR) is 88.4 cm³/mol. The fourth-order valence-corrected chi connectivity index (χ4v) is 4.06. The van der Waals surface area contributed by atoms with Crippen LogP contribution in [0.5, 0.6) is 0 Å². The standard InChI is InChI=1S/C14H19N3O2S2/c1-5-17-13(19)11-8(2)9(3)21-12(11)16-14(17)20-7-6-15-10(4)18/h5-7H2,1-4H3,(H,15,18). The first kappa shape index (κ1) is 16.0. The zero-order chi connectivity index (χ0) is 15.6. The summed E-state index contributed by atoms with van der Waals surface area (Å²) in [6.07, 6.45) is 0. The van der Waals surface area contributed by atoms with Gasteiger partial charge in [0.2, 0.25) is 5.91 Å². The van der Waals surface area contributed by atoms with Gasteiger partial charge >= 0.3 is 0 Å². The molecule has 1 amide bonds. The highest BCUT2D eigenvalue weighted by Gasteiger charge is 2.15. The maximum absolute atomic E-state index is 12.6. The Balaban J connectivity index is 2.35. The number of amides is 1. The van der Waals surface area contributed by atoms with Gasteiger partial charge in [-0.15, -0.1) is 11.3 Å². The number of carbonyl (C=O) groups is 1. The highest BCUT2D eigenvalue weighted by molar-refractivity contribution is 7.99. The lowest BCUT2D eigenvalue weighted by molar-refractivity contribution is -0.118. The van der Waals surface area contributed by atoms with Crippen molar-refractivity contribution in [2.45, 2.75) is 39.4 Å². The van der Waals surface area contributed by atoms with Gasteiger partial charge in [0.15, 0.2) is 5.16 Å². The van der Waals surface area contributed by atoms with Gasteiger partial charge in [0.25, 0.3) is 5.56 Å². The second-order valence-corrected chi connectivity index (χ2v) is 7.00. The smallest absolute Gasteiger partial charge is 0.263 e. The van der Waals surface area contributed by atoms with E-state index in [1.54, 1.807) is 15.9 Å². The van der Waals surface area contributed by atoms with E-state index in [1.165, 1.54) is 18.7 Å². The lowest BCUT2D eigenvalue weighted by Gasteiger charge is -2.10. The van der Waals surface area contributed by atoms with Gasteiger partial charge < -0.3 is 5.32 Å². The summed E-state index contributed by atoms with van der Waals surface area (Å²) in [6.45, 7) is 8.59. The molecule has 21 heavy (non-hydrogen) atoms. The molecule has 0 aliphatic heterocycles. The largest absolute Gasteiger partial charge is 0.356 e. The SMILES string of the molecule is CCn1c(SCCNC(C)=O)nc2sc(C)c(C)c2c1=O. The zero-order valence-electron chi connectivity index (χ0n) is 12.6. The second kappa shape index (κ2) is 6.62. The van der Waals surface area contributed by atoms with Crippen LogP contribution in [0.25, 0.3) is 10.2 Å². The van der Waals surface area contributed by atoms with Crippen molar-refractivity contribution in [3.05, 3.63) is 20.8 Å². The first-order chi connectivity index (χ1) is 9.95. The maximum Gasteiger partial charge on any atom is 0.263 e. The molecule has 0 radical (unpaired) electrons. The highest BCUT2D eigenvalue weighted by Crippen LogP contribution is 2.28. The summed E-state index contributed by atoms with van der Waals surface area (Å²) >= 11 is 3.06. The molecular weight excluding hydrogens is 306 g/mol. The molecule has 0 aliphatic rings. The number of thioether (sulfide) groups is 1. The van der Waals surface area contributed by atoms with Gasteiger partial charge in [0, 0.05) is 30.6 Å². The number of fused-ring (bicyclic) bond motifs is 1. The first-order valence-electron chi connectivity index (χ1n) is 6.83. The van der Waals surface area contributed by atoms with Crippen LogP contribution in [0.2, 0.25) is 0 Å². The normalized spacial score (nSPS) is 11.0. The number of carbonyl (C=O) groups excluding carboxylic acids is 1. The van der Waals surface area contributed by atoms with Crippen molar-refractivity contribution in [2.75, 3.05) is 12.3 Å². The van der Waals surface area contributed by atoms with Crippen LogP contribution in [0.4, 0.5) is 0 Å². The quantitative estimate of drug-likeness (QED) is 0.520. The maximum atomic E-state index is 12.6. The number of thiophene rings is 1. The van der Waals surface area contributed by atoms with Crippen LogP contribution < -0.4 is 10.9 Å². The monoisotopic (exact) mass is 325 g/mol. The Kier molecular flexibility index (Phi) is 5.05. The Morgan fingerprint density at radius 2 is 2.14 bits per heavy atom. The summed E-state index contributed by atoms with van der Waals surface area (Å²) in [5, 5.41) is 4.21. The van der Waals surface area contributed by atoms with Gasteiger partial charge in [-0.2, -0.15) is 0 Å². The molecule has 0 fully saturated rings. The number of hydrogen-bond donors (Lipinski definition) is 1. The summed E-state index contributed by atoms with van der Waals surface area (Å²) < 4.78 is 1.71. The van der Waals surface area contributed by atoms with Crippen LogP contribution in [-0.4, -0.2) is 27.8 Å². The molecular formula is C14H19N3O2S2. The Bertz CT molecular complexity index is 734. The van der Waals surface area contributed by atoms with E-state index >= 15 is 0 Å². The fraction of sp³-hybridized carbons (Fsp3) is 0.500. The van der Waals surface area contributed by atoms with Gasteiger partial charge in [-0.1, -0.05) is 11.8 Å². The van der Waals surface area contributed by atoms with E-state index in [2.05, 4.69) is 10.3 Å². The minimum absolute atomic E-state index is 0.0337. The van der Waals surface area contributed by atoms with Gasteiger partial charge in [0.1, 0.15) is 4.83 Å². The van der Waals surface area contributed by atoms with Crippen molar-refractivity contribution in [1.82, 2.24) is 14.9 Å². The molecule has 0 aliphatic carbocycles. The molecule has 2 heterocycles. The third-order valence-corrected chi connectivity index (χ3v) is 5.36. The molecule has 0 aromatic carbocycles. The molecule has 2 aromatic heterocycles. The highest BCUT2D eigenvalue weighted by atomic mass is 32.2. The Morgan fingerprint density at radius 1 is 1.43 bits per heavy atom. The molecule has 0 bridgehead atoms. The van der Waals surface area contributed by atoms with Crippen LogP contribution in [0, 0.1) is 13.8 Å². The number of nitrogens with zero attached hydrogens (tertiary/aromatic N) is 2. The molecule has 0 spiro atoms. The van der Waals surface area contributed by atoms with Crippen molar-refractivity contribution < 1.29 is 4.79 Å². The van der Waals surface area contributed by atoms with E-state index in [9.17, 15) is 9.59 Å². The van der Waals surface area contributed by atoms with E-state index in [4.69, 9.17) is 0 Å². The fourth-order valence-electron chi connectivity index (χ4n) is 2.07. The molecule has 2 aromatic rings. The van der Waals surface area contributed by atoms with E-state index < -0.39 is 0 Å². The Hall–Kier alpha value is -1.34. The molecule has 2 rings (SSSR count). The van der Waals surface area contributed by atoms with Crippen LogP contribution in [0.15, 0.2) is 9.95 Å². The third-order valence-electron chi connectivity index (χ3n) is 3.28. The minimum atomic E-state index is -0.0450. The van der Waals surface area contributed by atoms with E-state index in [0.717, 1.165) is 25.8 Å². The summed E-state index contributed by atoms with van der Waals surface area (Å²) in [6, 6.07) is 0. The zero-order valence-corrected chi connectivity index (χ0v) is 14.3. The topological polar surface area (TPSA) is 64.0 Å². The average molecular weight is 325 g/mol. The Morgan fingerprint density at radius 3 is 2.76 bits per heavy atom. The third kappa shape index (κ3) is 3.29. The van der Waals surface area contributed by atoms with E-state index in [0.29, 0.717) is 18.8 Å². The number of aromatic nitrogens is 2. The number of nitrogens with one attached hydrogen (secondary N) is 1. The minimum Gasteiger partial charge on any atom is -0.356 e. The predicted octanol–water partition coefficient (Wildman–Crippen LogP) is 2.32. The lowest BCUT2D eigenvalue weighted by atomic mass is 10.2. The number of aryl methyl sites for hydroxylation is 2. The average Bonchev–Trinajstić information content (AvgIpc) is 2.70. The number of hydrogen-bond acceptors (Lipinski definition) is 5. The van der Waals surface area contributed by atoms with Crippen molar-refractivity contribution in [2.24, 2.45) is 0 Å². The van der Waals surface area contributed by atoms with Gasteiger partial charge in [-0.05, 0) is 26.3 Å². The van der Waals surface area contributed by atoms with Crippen LogP contribution >= 0.6 is 23.1 Å². The molecule has 1 N–H and O–H groups in total. The van der Waals surface area contributed by atoms with E-state index in [1.807, 2.05) is 20.8 Å². The molecule has 0 saturated carbocycles. The summed E-state index contributed by atoms with van der Waals surface area (Å²) in [4.78, 5) is 30.0. The summed E-state index contributed by atoms with van der Waals surface area (Å²) in [7, 11) is 0. The summed E-state index contributed by atoms with van der Waals surface area (Å²) in [5.74, 6) is 0.650. The first-order valence-corrected chi connectivity index (χ1v) is 8.63. The second-order valence-electron chi connectivity index (χ2n) is 4.74. The van der Waals surface area contributed by atoms with Gasteiger partial charge in [-0.25, -0.2) is 4.98 Å². The molecule has 0 unspecified atom stereocenters. The van der Waals surface area contributed by atoms with Crippen LogP contribution in [0.1, 0.15) is 24.3 Å². The van der Waals surface area contributed by atoms with Gasteiger partial charge in [-0.3, -0.25) is 14.2 Å². The van der Waals surface area contributed by atoms with Crippen LogP contribution in [0.3, 0.4) is 0 Å². The molecule has 0 saturated heterocycles. The van der Waals surface area contributed by atoms with Gasteiger partial charge in [0.05, 0.1) is 5.39 Å². The molecule has 0 atom stereocenters. The number of rotatable bonds is 5. The van der Waals surface area contributed by atoms with Crippen molar-refractivity contribution >= 4 is 39.2 Å². The lowest BCUT2D eigenvalue weighted by Crippen LogP contribution is -2.24. The van der Waals surface area contributed by atoms with Crippen molar-refractivity contribution in [3.63, 3.8) is 0 Å². The molecule has 114 valence electrons. The van der Waals surface area contributed by atoms with Crippen molar-refractivity contribution in [1.29, 1.82) is 0 Å². The Labute approximate surface area is 131 Å². The van der Waals surface area contributed by atoms with Crippen molar-refractivity contribution in [3.8, 4) is 0 Å². The molecule has 7 heteroatoms. The molecule has 5 nitrogen and oxygen atoms in total. The summed E-state index contributed by atoms with van der Waals surface area (Å²) in [5.41, 5.74) is 1.07. The van der Waals surface area contributed by atoms with E-state index in [-0.39, 0.29) is 11.5 Å².